The molecule has 42 heavy (non-hydrogen) atoms. The molecule has 0 unspecified atom stereocenters. The van der Waals surface area contributed by atoms with Crippen LogP contribution in [-0.4, -0.2) is 84.1 Å². The Labute approximate surface area is 260 Å². The van der Waals surface area contributed by atoms with Crippen LogP contribution in [-0.2, 0) is 14.4 Å². The molecule has 10 nitrogen and oxygen atoms in total. The molecule has 0 saturated heterocycles. The zero-order valence-corrected chi connectivity index (χ0v) is 26.8. The number of ketones is 1. The number of rotatable bonds is 12. The number of carbonyl (C=O) groups is 4. The lowest BCUT2D eigenvalue weighted by Crippen LogP contribution is -2.60. The van der Waals surface area contributed by atoms with E-state index in [0.717, 1.165) is 19.3 Å². The number of hydrogen-bond acceptors (Lipinski definition) is 8. The Balaban J connectivity index is 1.71. The van der Waals surface area contributed by atoms with E-state index >= 15 is 0 Å². The molecule has 0 heterocycles. The monoisotopic (exact) mass is 696 g/mol. The minimum Gasteiger partial charge on any atom is -0.493 e. The number of halogens is 1. The van der Waals surface area contributed by atoms with Crippen LogP contribution in [0.1, 0.15) is 63.2 Å². The summed E-state index contributed by atoms with van der Waals surface area (Å²) in [6.45, 7) is 6.24. The molecule has 6 atom stereocenters. The average molecular weight is 697 g/mol. The number of methoxy groups -OCH3 is 1. The van der Waals surface area contributed by atoms with Gasteiger partial charge >= 0.3 is 0 Å². The van der Waals surface area contributed by atoms with E-state index in [-0.39, 0.29) is 54.4 Å². The van der Waals surface area contributed by atoms with Gasteiger partial charge in [-0.25, -0.2) is 0 Å². The largest absolute Gasteiger partial charge is 0.493 e. The highest BCUT2D eigenvalue weighted by molar-refractivity contribution is 14.1. The first-order chi connectivity index (χ1) is 20.0. The maximum absolute atomic E-state index is 13.6. The van der Waals surface area contributed by atoms with Crippen molar-refractivity contribution in [3.05, 3.63) is 32.9 Å². The van der Waals surface area contributed by atoms with Gasteiger partial charge in [-0.2, -0.15) is 0 Å². The third-order valence-electron chi connectivity index (χ3n) is 9.51. The summed E-state index contributed by atoms with van der Waals surface area (Å²) in [6.07, 6.45) is 2.97. The van der Waals surface area contributed by atoms with E-state index in [1.54, 1.807) is 13.0 Å². The summed E-state index contributed by atoms with van der Waals surface area (Å²) in [4.78, 5) is 52.5. The molecular formula is C31H41IN2O8. The van der Waals surface area contributed by atoms with E-state index in [0.29, 0.717) is 33.8 Å². The Morgan fingerprint density at radius 2 is 1.98 bits per heavy atom. The quantitative estimate of drug-likeness (QED) is 0.172. The number of nitrogens with zero attached hydrogens (tertiary/aromatic N) is 1. The highest BCUT2D eigenvalue weighted by atomic mass is 127. The van der Waals surface area contributed by atoms with E-state index < -0.39 is 35.8 Å². The molecule has 0 spiro atoms. The fourth-order valence-electron chi connectivity index (χ4n) is 6.95. The molecule has 2 amide bonds. The summed E-state index contributed by atoms with van der Waals surface area (Å²) in [6, 6.07) is 2.22. The number of aldehydes is 1. The maximum atomic E-state index is 13.6. The third kappa shape index (κ3) is 6.37. The molecule has 4 aliphatic carbocycles. The summed E-state index contributed by atoms with van der Waals surface area (Å²) >= 11 is 2.01. The molecule has 0 aromatic heterocycles. The van der Waals surface area contributed by atoms with Crippen LogP contribution in [0.25, 0.3) is 0 Å². The van der Waals surface area contributed by atoms with Crippen LogP contribution < -0.4 is 14.8 Å². The highest BCUT2D eigenvalue weighted by Gasteiger charge is 2.55. The predicted molar refractivity (Wildman–Crippen MR) is 163 cm³/mol. The third-order valence-corrected chi connectivity index (χ3v) is 10.3. The van der Waals surface area contributed by atoms with E-state index in [1.165, 1.54) is 24.2 Å². The molecule has 11 heteroatoms. The second-order valence-corrected chi connectivity index (χ2v) is 13.3. The second kappa shape index (κ2) is 13.4. The SMILES string of the molecule is CCC(=O)C(=O)N(C[C@@H]1CC[C@H]2C[C@@H]1C2(C)C)[C@@H]1CC(C(=O)NCCO)=C[C@H](Oc2c(I)cc(C=O)cc2OC)[C@H]1O. The van der Waals surface area contributed by atoms with E-state index in [2.05, 4.69) is 19.2 Å². The molecular weight excluding hydrogens is 655 g/mol. The van der Waals surface area contributed by atoms with Crippen LogP contribution in [0.15, 0.2) is 23.8 Å². The lowest BCUT2D eigenvalue weighted by Gasteiger charge is -2.61. The predicted octanol–water partition coefficient (Wildman–Crippen LogP) is 2.91. The number of hydrogen-bond donors (Lipinski definition) is 3. The molecule has 2 bridgehead atoms. The zero-order chi connectivity index (χ0) is 30.8. The van der Waals surface area contributed by atoms with E-state index in [9.17, 15) is 29.4 Å². The van der Waals surface area contributed by atoms with Gasteiger partial charge in [0.25, 0.3) is 5.91 Å². The van der Waals surface area contributed by atoms with Gasteiger partial charge in [0.1, 0.15) is 18.5 Å². The van der Waals surface area contributed by atoms with Crippen LogP contribution >= 0.6 is 22.6 Å². The average Bonchev–Trinajstić information content (AvgIpc) is 2.99. The van der Waals surface area contributed by atoms with Crippen molar-refractivity contribution < 1.29 is 38.9 Å². The molecule has 1 aromatic rings. The minimum atomic E-state index is -1.27. The number of benzene rings is 1. The lowest BCUT2D eigenvalue weighted by atomic mass is 9.45. The molecule has 0 aliphatic heterocycles. The minimum absolute atomic E-state index is 0.0166. The van der Waals surface area contributed by atoms with Crippen molar-refractivity contribution in [2.75, 3.05) is 26.8 Å². The number of nitrogens with one attached hydrogen (secondary N) is 1. The van der Waals surface area contributed by atoms with Crippen molar-refractivity contribution in [1.29, 1.82) is 0 Å². The van der Waals surface area contributed by atoms with Gasteiger partial charge in [-0.3, -0.25) is 19.2 Å². The topological polar surface area (TPSA) is 142 Å². The van der Waals surface area contributed by atoms with Crippen LogP contribution in [0.2, 0.25) is 0 Å². The maximum Gasteiger partial charge on any atom is 0.290 e. The van der Waals surface area contributed by atoms with Crippen LogP contribution in [0.4, 0.5) is 0 Å². The smallest absolute Gasteiger partial charge is 0.290 e. The summed E-state index contributed by atoms with van der Waals surface area (Å²) in [5.41, 5.74) is 0.810. The van der Waals surface area contributed by atoms with Gasteiger partial charge in [0.15, 0.2) is 11.5 Å². The van der Waals surface area contributed by atoms with Gasteiger partial charge < -0.3 is 29.9 Å². The van der Waals surface area contributed by atoms with Crippen molar-refractivity contribution >= 4 is 46.5 Å². The summed E-state index contributed by atoms with van der Waals surface area (Å²) in [7, 11) is 1.43. The van der Waals surface area contributed by atoms with Gasteiger partial charge in [-0.1, -0.05) is 20.8 Å². The van der Waals surface area contributed by atoms with E-state index in [4.69, 9.17) is 9.47 Å². The molecule has 1 aromatic carbocycles. The molecule has 3 saturated carbocycles. The van der Waals surface area contributed by atoms with Crippen molar-refractivity contribution in [2.24, 2.45) is 23.2 Å². The Kier molecular flexibility index (Phi) is 10.4. The lowest BCUT2D eigenvalue weighted by molar-refractivity contribution is -0.155. The first-order valence-corrected chi connectivity index (χ1v) is 15.7. The Hall–Kier alpha value is -2.51. The summed E-state index contributed by atoms with van der Waals surface area (Å²) in [5.74, 6) is 0.101. The fraction of sp³-hybridized carbons (Fsp3) is 0.613. The Morgan fingerprint density at radius 1 is 1.24 bits per heavy atom. The zero-order valence-electron chi connectivity index (χ0n) is 24.6. The van der Waals surface area contributed by atoms with Crippen LogP contribution in [0, 0.1) is 26.7 Å². The molecule has 4 aliphatic rings. The van der Waals surface area contributed by atoms with Gasteiger partial charge in [-0.05, 0) is 83.2 Å². The Bertz CT molecular complexity index is 1250. The molecule has 5 rings (SSSR count). The number of amides is 2. The number of carbonyl (C=O) groups excluding carboxylic acids is 4. The number of Topliss-reactive ketones (excluding diaryl/α,β-unsaturated/α-hetero) is 1. The molecule has 3 fully saturated rings. The number of ether oxygens (including phenoxy) is 2. The number of fused-ring (bicyclic) bond motifs is 2. The highest BCUT2D eigenvalue weighted by Crippen LogP contribution is 2.61. The first-order valence-electron chi connectivity index (χ1n) is 14.6. The van der Waals surface area contributed by atoms with Crippen LogP contribution in [0.3, 0.4) is 0 Å². The van der Waals surface area contributed by atoms with Crippen molar-refractivity contribution in [2.45, 2.75) is 71.1 Å². The summed E-state index contributed by atoms with van der Waals surface area (Å²) in [5, 5.41) is 23.7. The number of aliphatic hydroxyl groups is 2. The van der Waals surface area contributed by atoms with Gasteiger partial charge in [0.2, 0.25) is 11.7 Å². The Morgan fingerprint density at radius 3 is 2.57 bits per heavy atom. The molecule has 3 N–H and O–H groups in total. The summed E-state index contributed by atoms with van der Waals surface area (Å²) < 4.78 is 12.3. The van der Waals surface area contributed by atoms with Crippen LogP contribution in [0.5, 0.6) is 11.5 Å². The molecule has 0 radical (unpaired) electrons. The second-order valence-electron chi connectivity index (χ2n) is 12.1. The first kappa shape index (κ1) is 32.4. The standard InChI is InChI=1S/C31H41IN2O8/c1-5-24(37)30(40)34(15-18-6-7-20-14-21(18)31(20,2)3)23-12-19(29(39)33-8-9-35)13-25(27(23)38)42-28-22(32)10-17(16-36)11-26(28)41-4/h10-11,13,16,18,20-21,23,25,27,35,38H,5-9,12,14-15H2,1-4H3,(H,33,39)/t18-,20-,21-,23+,25-,27-/m0/s1. The fourth-order valence-corrected chi connectivity index (χ4v) is 7.70. The van der Waals surface area contributed by atoms with Gasteiger partial charge in [0, 0.05) is 37.1 Å². The van der Waals surface area contributed by atoms with Gasteiger partial charge in [-0.15, -0.1) is 0 Å². The van der Waals surface area contributed by atoms with Gasteiger partial charge in [0.05, 0.1) is 23.3 Å². The van der Waals surface area contributed by atoms with E-state index in [1.807, 2.05) is 22.6 Å². The van der Waals surface area contributed by atoms with Crippen molar-refractivity contribution in [3.63, 3.8) is 0 Å². The normalized spacial score (nSPS) is 27.6. The van der Waals surface area contributed by atoms with Crippen molar-refractivity contribution in [3.8, 4) is 11.5 Å². The number of aliphatic hydroxyl groups excluding tert-OH is 2. The molecule has 230 valence electrons. The van der Waals surface area contributed by atoms with Crippen molar-refractivity contribution in [1.82, 2.24) is 10.2 Å².